The van der Waals surface area contributed by atoms with Crippen LogP contribution in [0.15, 0.2) is 36.5 Å². The summed E-state index contributed by atoms with van der Waals surface area (Å²) in [7, 11) is -4.08. The van der Waals surface area contributed by atoms with Gasteiger partial charge >= 0.3 is 12.3 Å². The molecule has 0 bridgehead atoms. The second-order valence-corrected chi connectivity index (χ2v) is 19.7. The summed E-state index contributed by atoms with van der Waals surface area (Å²) >= 11 is 0. The molecule has 2 aliphatic carbocycles. The first kappa shape index (κ1) is 42.5. The van der Waals surface area contributed by atoms with Crippen molar-refractivity contribution in [3.8, 4) is 11.6 Å². The van der Waals surface area contributed by atoms with Gasteiger partial charge in [0, 0.05) is 35.7 Å². The standard InChI is InChI=1S/C41H52F3N5O9S/c1-6-24-19-23(2)9-7-8-10-26-21-40(26,36(52)48-59(54,55)39(5)15-16-39)47-33(50)30-20-27(57-34-29-12-11-25-14-18-56-32(25)28(29)13-17-45-34)22-49(30)35(51)31(24)46-37(53)58-38(3,4)41(42,43)44/h8,10-13,17,23-24,26-27,30-31H,6-7,9,14-16,18-22H2,1-5H3,(H,46,53)(H,47,50)(H,48,52)/b10-8-/t23-,24-,26-,27-,30+,31+,40-/m1/s1. The average molecular weight is 848 g/mol. The summed E-state index contributed by atoms with van der Waals surface area (Å²) in [5.41, 5.74) is -3.49. The highest BCUT2D eigenvalue weighted by Crippen LogP contribution is 2.48. The van der Waals surface area contributed by atoms with E-state index in [4.69, 9.17) is 14.2 Å². The van der Waals surface area contributed by atoms with E-state index in [9.17, 15) is 40.8 Å². The minimum atomic E-state index is -4.91. The van der Waals surface area contributed by atoms with Crippen LogP contribution in [0.2, 0.25) is 0 Å². The number of sulfonamides is 1. The smallest absolute Gasteiger partial charge is 0.427 e. The fraction of sp³-hybridized carbons (Fsp3) is 0.634. The van der Waals surface area contributed by atoms with Crippen molar-refractivity contribution in [3.63, 3.8) is 0 Å². The van der Waals surface area contributed by atoms with Gasteiger partial charge in [0.25, 0.3) is 5.91 Å². The van der Waals surface area contributed by atoms with Gasteiger partial charge < -0.3 is 29.7 Å². The lowest BCUT2D eigenvalue weighted by atomic mass is 9.85. The zero-order chi connectivity index (χ0) is 42.7. The number of hydrogen-bond donors (Lipinski definition) is 3. The molecule has 14 nitrogen and oxygen atoms in total. The minimum Gasteiger partial charge on any atom is -0.492 e. The van der Waals surface area contributed by atoms with Gasteiger partial charge in [0.05, 0.1) is 17.9 Å². The van der Waals surface area contributed by atoms with E-state index >= 15 is 0 Å². The third-order valence-electron chi connectivity index (χ3n) is 12.7. The van der Waals surface area contributed by atoms with Crippen molar-refractivity contribution in [1.82, 2.24) is 25.2 Å². The lowest BCUT2D eigenvalue weighted by Crippen LogP contribution is -2.60. The topological polar surface area (TPSA) is 182 Å². The first-order valence-corrected chi connectivity index (χ1v) is 21.8. The largest absolute Gasteiger partial charge is 0.492 e. The maximum atomic E-state index is 14.9. The monoisotopic (exact) mass is 847 g/mol. The molecule has 0 radical (unpaired) electrons. The lowest BCUT2D eigenvalue weighted by Gasteiger charge is -2.35. The Morgan fingerprint density at radius 1 is 1.12 bits per heavy atom. The van der Waals surface area contributed by atoms with Crippen LogP contribution in [0.5, 0.6) is 11.6 Å². The molecule has 1 aromatic heterocycles. The van der Waals surface area contributed by atoms with Crippen molar-refractivity contribution in [2.45, 2.75) is 133 Å². The number of pyridine rings is 1. The summed E-state index contributed by atoms with van der Waals surface area (Å²) in [5, 5.41) is 6.67. The number of aromatic nitrogens is 1. The quantitative estimate of drug-likeness (QED) is 0.298. The second-order valence-electron chi connectivity index (χ2n) is 17.5. The average Bonchev–Trinajstić information content (AvgIpc) is 3.94. The Hall–Kier alpha value is -4.61. The summed E-state index contributed by atoms with van der Waals surface area (Å²) in [6, 6.07) is 2.86. The maximum Gasteiger partial charge on any atom is 0.427 e. The number of alkyl carbamates (subject to hydrolysis) is 1. The van der Waals surface area contributed by atoms with E-state index in [-0.39, 0.29) is 31.2 Å². The number of halogens is 3. The van der Waals surface area contributed by atoms with E-state index in [1.807, 2.05) is 25.1 Å². The molecule has 4 heterocycles. The lowest BCUT2D eigenvalue weighted by molar-refractivity contribution is -0.244. The van der Waals surface area contributed by atoms with Gasteiger partial charge in [-0.15, -0.1) is 0 Å². The van der Waals surface area contributed by atoms with E-state index in [2.05, 4.69) is 20.3 Å². The highest BCUT2D eigenvalue weighted by Gasteiger charge is 2.63. The zero-order valence-electron chi connectivity index (χ0n) is 33.8. The fourth-order valence-electron chi connectivity index (χ4n) is 8.39. The molecule has 0 spiro atoms. The summed E-state index contributed by atoms with van der Waals surface area (Å²) in [5.74, 6) is -2.62. The first-order valence-electron chi connectivity index (χ1n) is 20.3. The molecule has 0 unspecified atom stereocenters. The van der Waals surface area contributed by atoms with Gasteiger partial charge in [-0.2, -0.15) is 13.2 Å². The van der Waals surface area contributed by atoms with Crippen LogP contribution in [-0.4, -0.2) is 95.5 Å². The van der Waals surface area contributed by atoms with E-state index in [1.165, 1.54) is 4.90 Å². The number of nitrogens with one attached hydrogen (secondary N) is 3. The Kier molecular flexibility index (Phi) is 11.1. The van der Waals surface area contributed by atoms with Crippen LogP contribution >= 0.6 is 0 Å². The third kappa shape index (κ3) is 8.29. The van der Waals surface area contributed by atoms with Crippen molar-refractivity contribution in [3.05, 3.63) is 42.1 Å². The molecule has 7 rings (SSSR count). The van der Waals surface area contributed by atoms with Crippen LogP contribution in [0, 0.1) is 17.8 Å². The molecule has 3 N–H and O–H groups in total. The Morgan fingerprint density at radius 2 is 1.86 bits per heavy atom. The molecule has 59 heavy (non-hydrogen) atoms. The number of allylic oxidation sites excluding steroid dienone is 1. The van der Waals surface area contributed by atoms with Crippen LogP contribution in [0.3, 0.4) is 0 Å². The molecular weight excluding hydrogens is 796 g/mol. The van der Waals surface area contributed by atoms with Gasteiger partial charge in [0.15, 0.2) is 0 Å². The number of hydrogen-bond acceptors (Lipinski definition) is 10. The Morgan fingerprint density at radius 3 is 2.56 bits per heavy atom. The van der Waals surface area contributed by atoms with Gasteiger partial charge in [-0.3, -0.25) is 19.1 Å². The number of amides is 4. The van der Waals surface area contributed by atoms with Crippen molar-refractivity contribution in [2.24, 2.45) is 17.8 Å². The molecule has 7 atom stereocenters. The predicted octanol–water partition coefficient (Wildman–Crippen LogP) is 5.23. The molecule has 2 aromatic rings. The normalized spacial score (nSPS) is 30.0. The summed E-state index contributed by atoms with van der Waals surface area (Å²) in [6.07, 6.45) is 1.45. The number of alkyl halides is 3. The zero-order valence-corrected chi connectivity index (χ0v) is 34.6. The maximum absolute atomic E-state index is 14.9. The highest BCUT2D eigenvalue weighted by atomic mass is 32.2. The summed E-state index contributed by atoms with van der Waals surface area (Å²) in [4.78, 5) is 62.4. The van der Waals surface area contributed by atoms with E-state index in [0.717, 1.165) is 17.4 Å². The molecule has 322 valence electrons. The van der Waals surface area contributed by atoms with Gasteiger partial charge in [0.1, 0.15) is 29.5 Å². The number of carbonyl (C=O) groups excluding carboxylic acids is 4. The summed E-state index contributed by atoms with van der Waals surface area (Å²) in [6.45, 7) is 7.05. The minimum absolute atomic E-state index is 0.0285. The van der Waals surface area contributed by atoms with Crippen LogP contribution in [0.4, 0.5) is 18.0 Å². The van der Waals surface area contributed by atoms with Crippen molar-refractivity contribution in [1.29, 1.82) is 0 Å². The van der Waals surface area contributed by atoms with Crippen LogP contribution in [-0.2, 0) is 35.6 Å². The summed E-state index contributed by atoms with van der Waals surface area (Å²) < 4.78 is 86.2. The Balaban J connectivity index is 1.24. The molecule has 3 aliphatic heterocycles. The second kappa shape index (κ2) is 15.4. The SMILES string of the molecule is CC[C@@H]1C[C@H](C)CC/C=C\[C@@H]2C[C@@]2(C(=O)NS(=O)(=O)C2(C)CC2)NC(=O)[C@@H]2C[C@@H](Oc3nccc4c5c(ccc34)CCO5)CN2C(=O)[C@H]1NC(=O)OC(C)(C)C(F)(F)F. The molecule has 1 aromatic carbocycles. The number of ether oxygens (including phenoxy) is 3. The number of nitrogens with zero attached hydrogens (tertiary/aromatic N) is 2. The molecular formula is C41H52F3N5O9S. The first-order chi connectivity index (χ1) is 27.7. The number of benzene rings is 1. The van der Waals surface area contributed by atoms with Crippen LogP contribution < -0.4 is 24.8 Å². The van der Waals surface area contributed by atoms with Crippen molar-refractivity contribution >= 4 is 44.6 Å². The van der Waals surface area contributed by atoms with Gasteiger partial charge in [-0.05, 0) is 88.8 Å². The van der Waals surface area contributed by atoms with Gasteiger partial charge in [-0.1, -0.05) is 38.5 Å². The Bertz CT molecular complexity index is 2160. The van der Waals surface area contributed by atoms with E-state index in [1.54, 1.807) is 32.2 Å². The van der Waals surface area contributed by atoms with E-state index < -0.39 is 85.9 Å². The number of carbonyl (C=O) groups is 4. The predicted molar refractivity (Wildman–Crippen MR) is 209 cm³/mol. The van der Waals surface area contributed by atoms with Gasteiger partial charge in [0.2, 0.25) is 33.3 Å². The van der Waals surface area contributed by atoms with Gasteiger partial charge in [-0.25, -0.2) is 18.2 Å². The molecule has 3 fully saturated rings. The van der Waals surface area contributed by atoms with Crippen molar-refractivity contribution in [2.75, 3.05) is 13.2 Å². The van der Waals surface area contributed by atoms with Crippen LogP contribution in [0.25, 0.3) is 10.8 Å². The molecule has 2 saturated carbocycles. The highest BCUT2D eigenvalue weighted by molar-refractivity contribution is 7.91. The number of rotatable bonds is 8. The molecule has 18 heteroatoms. The fourth-order valence-corrected chi connectivity index (χ4v) is 9.70. The molecule has 5 aliphatic rings. The molecule has 1 saturated heterocycles. The third-order valence-corrected chi connectivity index (χ3v) is 14.9. The van der Waals surface area contributed by atoms with Crippen molar-refractivity contribution < 1.29 is 55.0 Å². The van der Waals surface area contributed by atoms with Crippen LogP contribution in [0.1, 0.15) is 91.5 Å². The Labute approximate surface area is 341 Å². The van der Waals surface area contributed by atoms with E-state index in [0.29, 0.717) is 70.1 Å². The molecule has 4 amide bonds. The number of fused-ring (bicyclic) bond motifs is 5.